The van der Waals surface area contributed by atoms with Gasteiger partial charge in [0.15, 0.2) is 0 Å². The van der Waals surface area contributed by atoms with Crippen molar-refractivity contribution in [3.05, 3.63) is 72.3 Å². The second-order valence-electron chi connectivity index (χ2n) is 6.57. The summed E-state index contributed by atoms with van der Waals surface area (Å²) in [7, 11) is 1.59. The first-order valence-corrected chi connectivity index (χ1v) is 9.16. The van der Waals surface area contributed by atoms with Crippen LogP contribution in [0.5, 0.6) is 5.75 Å². The van der Waals surface area contributed by atoms with Crippen LogP contribution in [0.3, 0.4) is 0 Å². The van der Waals surface area contributed by atoms with Crippen molar-refractivity contribution < 1.29 is 14.3 Å². The number of carbonyl (C=O) groups is 2. The van der Waals surface area contributed by atoms with Gasteiger partial charge in [-0.25, -0.2) is 9.67 Å². The Morgan fingerprint density at radius 2 is 1.83 bits per heavy atom. The van der Waals surface area contributed by atoms with Crippen LogP contribution in [0.1, 0.15) is 30.5 Å². The van der Waals surface area contributed by atoms with Crippen LogP contribution < -0.4 is 15.4 Å². The number of ether oxygens (including phenoxy) is 1. The van der Waals surface area contributed by atoms with Gasteiger partial charge in [0.25, 0.3) is 0 Å². The maximum absolute atomic E-state index is 12.5. The average Bonchev–Trinajstić information content (AvgIpc) is 3.22. The van der Waals surface area contributed by atoms with E-state index in [1.807, 2.05) is 36.4 Å². The van der Waals surface area contributed by atoms with E-state index in [-0.39, 0.29) is 18.2 Å². The van der Waals surface area contributed by atoms with Gasteiger partial charge in [0.1, 0.15) is 18.4 Å². The van der Waals surface area contributed by atoms with E-state index in [2.05, 4.69) is 20.7 Å². The fourth-order valence-corrected chi connectivity index (χ4v) is 2.93. The molecule has 8 nitrogen and oxygen atoms in total. The minimum atomic E-state index is -0.426. The molecule has 29 heavy (non-hydrogen) atoms. The summed E-state index contributed by atoms with van der Waals surface area (Å²) in [6.45, 7) is 2.04. The first kappa shape index (κ1) is 20.1. The second-order valence-corrected chi connectivity index (χ2v) is 6.57. The SMILES string of the molecule is COc1ccc(C(CC(=O)Nc2ccc(Cn3cncn3)cc2)NC(C)=O)cc1. The Morgan fingerprint density at radius 1 is 1.10 bits per heavy atom. The highest BCUT2D eigenvalue weighted by molar-refractivity contribution is 5.91. The summed E-state index contributed by atoms with van der Waals surface area (Å²) in [5.41, 5.74) is 2.57. The summed E-state index contributed by atoms with van der Waals surface area (Å²) in [4.78, 5) is 28.0. The zero-order valence-corrected chi connectivity index (χ0v) is 16.3. The zero-order valence-electron chi connectivity index (χ0n) is 16.3. The van der Waals surface area contributed by atoms with E-state index in [0.717, 1.165) is 11.1 Å². The molecule has 0 bridgehead atoms. The summed E-state index contributed by atoms with van der Waals surface area (Å²) in [6, 6.07) is 14.4. The van der Waals surface area contributed by atoms with E-state index >= 15 is 0 Å². The number of hydrogen-bond donors (Lipinski definition) is 2. The molecule has 1 atom stereocenters. The van der Waals surface area contributed by atoms with Gasteiger partial charge in [-0.3, -0.25) is 9.59 Å². The number of methoxy groups -OCH3 is 1. The highest BCUT2D eigenvalue weighted by Crippen LogP contribution is 2.21. The highest BCUT2D eigenvalue weighted by atomic mass is 16.5. The summed E-state index contributed by atoms with van der Waals surface area (Å²) in [6.07, 6.45) is 3.26. The molecule has 0 radical (unpaired) electrons. The molecule has 2 amide bonds. The van der Waals surface area contributed by atoms with Crippen LogP contribution in [0.4, 0.5) is 5.69 Å². The lowest BCUT2D eigenvalue weighted by molar-refractivity contribution is -0.120. The Kier molecular flexibility index (Phi) is 6.57. The minimum absolute atomic E-state index is 0.118. The molecule has 0 fully saturated rings. The van der Waals surface area contributed by atoms with Crippen molar-refractivity contribution in [1.82, 2.24) is 20.1 Å². The van der Waals surface area contributed by atoms with Crippen molar-refractivity contribution in [2.45, 2.75) is 25.9 Å². The predicted molar refractivity (Wildman–Crippen MR) is 108 cm³/mol. The minimum Gasteiger partial charge on any atom is -0.497 e. The van der Waals surface area contributed by atoms with Crippen LogP contribution in [0.2, 0.25) is 0 Å². The van der Waals surface area contributed by atoms with Crippen LogP contribution in [-0.4, -0.2) is 33.7 Å². The molecule has 1 heterocycles. The normalized spacial score (nSPS) is 11.5. The van der Waals surface area contributed by atoms with Gasteiger partial charge in [0.05, 0.1) is 26.1 Å². The third-order valence-corrected chi connectivity index (χ3v) is 4.33. The molecular weight excluding hydrogens is 370 g/mol. The van der Waals surface area contributed by atoms with E-state index < -0.39 is 6.04 Å². The van der Waals surface area contributed by atoms with Crippen molar-refractivity contribution in [3.8, 4) is 5.75 Å². The van der Waals surface area contributed by atoms with Crippen LogP contribution >= 0.6 is 0 Å². The zero-order chi connectivity index (χ0) is 20.6. The highest BCUT2D eigenvalue weighted by Gasteiger charge is 2.17. The van der Waals surface area contributed by atoms with Gasteiger partial charge in [-0.05, 0) is 35.4 Å². The molecule has 3 rings (SSSR count). The van der Waals surface area contributed by atoms with E-state index in [1.54, 1.807) is 30.3 Å². The monoisotopic (exact) mass is 393 g/mol. The van der Waals surface area contributed by atoms with Crippen molar-refractivity contribution in [3.63, 3.8) is 0 Å². The van der Waals surface area contributed by atoms with Gasteiger partial charge in [-0.2, -0.15) is 5.10 Å². The Labute approximate surface area is 168 Å². The third kappa shape index (κ3) is 5.90. The number of nitrogens with one attached hydrogen (secondary N) is 2. The number of aromatic nitrogens is 3. The number of benzene rings is 2. The van der Waals surface area contributed by atoms with Crippen molar-refractivity contribution in [2.24, 2.45) is 0 Å². The molecule has 0 saturated carbocycles. The van der Waals surface area contributed by atoms with Crippen LogP contribution in [-0.2, 0) is 16.1 Å². The lowest BCUT2D eigenvalue weighted by Crippen LogP contribution is -2.29. The largest absolute Gasteiger partial charge is 0.497 e. The van der Waals surface area contributed by atoms with Gasteiger partial charge in [0, 0.05) is 12.6 Å². The number of nitrogens with zero attached hydrogens (tertiary/aromatic N) is 3. The third-order valence-electron chi connectivity index (χ3n) is 4.33. The number of hydrogen-bond acceptors (Lipinski definition) is 5. The van der Waals surface area contributed by atoms with Crippen LogP contribution in [0.15, 0.2) is 61.2 Å². The Bertz CT molecular complexity index is 937. The lowest BCUT2D eigenvalue weighted by Gasteiger charge is -2.18. The van der Waals surface area contributed by atoms with Gasteiger partial charge in [-0.15, -0.1) is 0 Å². The first-order valence-electron chi connectivity index (χ1n) is 9.16. The number of carbonyl (C=O) groups excluding carboxylic acids is 2. The molecule has 0 aliphatic rings. The Hall–Kier alpha value is -3.68. The maximum Gasteiger partial charge on any atom is 0.226 e. The molecule has 0 aliphatic carbocycles. The van der Waals surface area contributed by atoms with E-state index in [4.69, 9.17) is 4.74 Å². The van der Waals surface area contributed by atoms with Crippen molar-refractivity contribution in [1.29, 1.82) is 0 Å². The second kappa shape index (κ2) is 9.50. The fourth-order valence-electron chi connectivity index (χ4n) is 2.93. The molecule has 2 aromatic carbocycles. The average molecular weight is 393 g/mol. The molecule has 1 aromatic heterocycles. The molecule has 8 heteroatoms. The maximum atomic E-state index is 12.5. The summed E-state index contributed by atoms with van der Waals surface area (Å²) < 4.78 is 6.88. The summed E-state index contributed by atoms with van der Waals surface area (Å²) in [5.74, 6) is 0.324. The molecule has 0 aliphatic heterocycles. The van der Waals surface area contributed by atoms with Gasteiger partial charge in [0.2, 0.25) is 11.8 Å². The topological polar surface area (TPSA) is 98.1 Å². The van der Waals surface area contributed by atoms with Crippen LogP contribution in [0.25, 0.3) is 0 Å². The molecule has 1 unspecified atom stereocenters. The van der Waals surface area contributed by atoms with E-state index in [0.29, 0.717) is 18.0 Å². The smallest absolute Gasteiger partial charge is 0.226 e. The number of anilines is 1. The lowest BCUT2D eigenvalue weighted by atomic mass is 10.0. The molecule has 0 saturated heterocycles. The molecule has 0 spiro atoms. The van der Waals surface area contributed by atoms with Crippen LogP contribution in [0, 0.1) is 0 Å². The van der Waals surface area contributed by atoms with Crippen molar-refractivity contribution >= 4 is 17.5 Å². The first-order chi connectivity index (χ1) is 14.0. The molecule has 150 valence electrons. The number of rotatable bonds is 8. The molecule has 3 aromatic rings. The Balaban J connectivity index is 1.62. The quantitative estimate of drug-likeness (QED) is 0.613. The predicted octanol–water partition coefficient (Wildman–Crippen LogP) is 2.54. The van der Waals surface area contributed by atoms with Gasteiger partial charge < -0.3 is 15.4 Å². The van der Waals surface area contributed by atoms with Gasteiger partial charge in [-0.1, -0.05) is 24.3 Å². The molecular formula is C21H23N5O3. The van der Waals surface area contributed by atoms with Gasteiger partial charge >= 0.3 is 0 Å². The summed E-state index contributed by atoms with van der Waals surface area (Å²) >= 11 is 0. The van der Waals surface area contributed by atoms with E-state index in [9.17, 15) is 9.59 Å². The fraction of sp³-hybridized carbons (Fsp3) is 0.238. The standard InChI is InChI=1S/C21H23N5O3/c1-15(27)24-20(17-5-9-19(29-2)10-6-17)11-21(28)25-18-7-3-16(4-8-18)12-26-14-22-13-23-26/h3-10,13-14,20H,11-12H2,1-2H3,(H,24,27)(H,25,28). The van der Waals surface area contributed by atoms with Crippen molar-refractivity contribution in [2.75, 3.05) is 12.4 Å². The number of amides is 2. The van der Waals surface area contributed by atoms with E-state index in [1.165, 1.54) is 13.3 Å². The summed E-state index contributed by atoms with van der Waals surface area (Å²) in [5, 5.41) is 9.77. The Morgan fingerprint density at radius 3 is 2.41 bits per heavy atom. The molecule has 2 N–H and O–H groups in total.